The molecule has 3 rings (SSSR count). The van der Waals surface area contributed by atoms with Crippen LogP contribution in [0.1, 0.15) is 15.9 Å². The summed E-state index contributed by atoms with van der Waals surface area (Å²) in [4.78, 5) is 33.8. The highest BCUT2D eigenvalue weighted by Crippen LogP contribution is 2.31. The second kappa shape index (κ2) is 5.14. The summed E-state index contributed by atoms with van der Waals surface area (Å²) < 4.78 is 0. The minimum absolute atomic E-state index is 0.0963. The smallest absolute Gasteiger partial charge is 0.261 e. The van der Waals surface area contributed by atoms with Gasteiger partial charge in [0.15, 0.2) is 5.82 Å². The van der Waals surface area contributed by atoms with Crippen molar-refractivity contribution in [1.82, 2.24) is 9.97 Å². The molecule has 21 heavy (non-hydrogen) atoms. The van der Waals surface area contributed by atoms with Crippen LogP contribution in [-0.2, 0) is 4.79 Å². The van der Waals surface area contributed by atoms with Gasteiger partial charge in [-0.05, 0) is 24.6 Å². The lowest BCUT2D eigenvalue weighted by Gasteiger charge is -2.29. The van der Waals surface area contributed by atoms with E-state index in [1.54, 1.807) is 12.3 Å². The molecule has 2 aromatic rings. The Morgan fingerprint density at radius 1 is 1.38 bits per heavy atom. The maximum atomic E-state index is 12.6. The van der Waals surface area contributed by atoms with Crippen LogP contribution < -0.4 is 10.2 Å². The number of hydrogen-bond acceptors (Lipinski definition) is 4. The summed E-state index contributed by atoms with van der Waals surface area (Å²) in [6.45, 7) is 1.75. The van der Waals surface area contributed by atoms with Gasteiger partial charge in [0.05, 0.1) is 16.3 Å². The lowest BCUT2D eigenvalue weighted by Crippen LogP contribution is -2.43. The number of anilines is 2. The number of aryl methyl sites for hydroxylation is 1. The number of nitrogens with zero attached hydrogens (tertiary/aromatic N) is 3. The average molecular weight is 303 g/mol. The lowest BCUT2D eigenvalue weighted by atomic mass is 10.1. The van der Waals surface area contributed by atoms with Gasteiger partial charge in [0.2, 0.25) is 5.91 Å². The highest BCUT2D eigenvalue weighted by molar-refractivity contribution is 6.34. The molecule has 0 saturated heterocycles. The van der Waals surface area contributed by atoms with Crippen LogP contribution in [0.5, 0.6) is 0 Å². The van der Waals surface area contributed by atoms with Crippen LogP contribution in [0.25, 0.3) is 0 Å². The monoisotopic (exact) mass is 302 g/mol. The zero-order chi connectivity index (χ0) is 15.0. The predicted molar refractivity (Wildman–Crippen MR) is 78.5 cm³/mol. The van der Waals surface area contributed by atoms with Gasteiger partial charge >= 0.3 is 0 Å². The number of carbonyl (C=O) groups is 2. The van der Waals surface area contributed by atoms with Gasteiger partial charge in [-0.15, -0.1) is 0 Å². The largest absolute Gasteiger partial charge is 0.321 e. The topological polar surface area (TPSA) is 75.2 Å². The quantitative estimate of drug-likeness (QED) is 0.874. The number of amides is 2. The van der Waals surface area contributed by atoms with Gasteiger partial charge in [-0.2, -0.15) is 0 Å². The van der Waals surface area contributed by atoms with Crippen molar-refractivity contribution in [3.8, 4) is 0 Å². The van der Waals surface area contributed by atoms with Gasteiger partial charge in [0.1, 0.15) is 6.54 Å². The molecule has 2 amide bonds. The molecule has 0 saturated carbocycles. The molecule has 0 bridgehead atoms. The van der Waals surface area contributed by atoms with Gasteiger partial charge in [-0.3, -0.25) is 19.5 Å². The first-order valence-corrected chi connectivity index (χ1v) is 6.62. The van der Waals surface area contributed by atoms with E-state index in [2.05, 4.69) is 15.3 Å². The molecule has 7 heteroatoms. The molecule has 6 nitrogen and oxygen atoms in total. The summed E-state index contributed by atoms with van der Waals surface area (Å²) >= 11 is 6.00. The maximum Gasteiger partial charge on any atom is 0.261 e. The van der Waals surface area contributed by atoms with Crippen molar-refractivity contribution in [3.63, 3.8) is 0 Å². The van der Waals surface area contributed by atoms with Crippen molar-refractivity contribution in [2.24, 2.45) is 0 Å². The van der Waals surface area contributed by atoms with Gasteiger partial charge in [-0.1, -0.05) is 11.6 Å². The Balaban J connectivity index is 2.08. The number of halogens is 1. The molecule has 0 aromatic carbocycles. The van der Waals surface area contributed by atoms with Crippen molar-refractivity contribution in [1.29, 1.82) is 0 Å². The molecule has 0 unspecified atom stereocenters. The van der Waals surface area contributed by atoms with Crippen LogP contribution in [0.4, 0.5) is 11.5 Å². The van der Waals surface area contributed by atoms with Gasteiger partial charge in [0, 0.05) is 18.6 Å². The fourth-order valence-electron chi connectivity index (χ4n) is 2.16. The maximum absolute atomic E-state index is 12.6. The number of nitrogens with one attached hydrogen (secondary N) is 1. The fraction of sp³-hybridized carbons (Fsp3) is 0.143. The molecule has 0 fully saturated rings. The summed E-state index contributed by atoms with van der Waals surface area (Å²) in [5, 5.41) is 2.98. The highest BCUT2D eigenvalue weighted by atomic mass is 35.5. The summed E-state index contributed by atoms with van der Waals surface area (Å²) in [7, 11) is 0. The normalized spacial score (nSPS) is 13.6. The van der Waals surface area contributed by atoms with Crippen LogP contribution in [0.2, 0.25) is 5.02 Å². The van der Waals surface area contributed by atoms with Gasteiger partial charge in [0.25, 0.3) is 5.91 Å². The third-order valence-electron chi connectivity index (χ3n) is 3.21. The molecule has 2 aromatic heterocycles. The second-order valence-electron chi connectivity index (χ2n) is 4.62. The minimum atomic E-state index is -0.378. The average Bonchev–Trinajstić information content (AvgIpc) is 2.47. The molecule has 0 spiro atoms. The van der Waals surface area contributed by atoms with Crippen LogP contribution in [0.3, 0.4) is 0 Å². The Labute approximate surface area is 125 Å². The van der Waals surface area contributed by atoms with E-state index in [0.29, 0.717) is 11.5 Å². The summed E-state index contributed by atoms with van der Waals surface area (Å²) in [5.74, 6) is -0.221. The van der Waals surface area contributed by atoms with Crippen molar-refractivity contribution in [2.45, 2.75) is 6.92 Å². The third kappa shape index (κ3) is 2.34. The van der Waals surface area contributed by atoms with Crippen LogP contribution in [0, 0.1) is 6.92 Å². The van der Waals surface area contributed by atoms with Gasteiger partial charge < -0.3 is 5.32 Å². The van der Waals surface area contributed by atoms with Crippen molar-refractivity contribution in [3.05, 3.63) is 46.9 Å². The molecule has 0 atom stereocenters. The molecule has 106 valence electrons. The number of carbonyl (C=O) groups excluding carboxylic acids is 2. The second-order valence-corrected chi connectivity index (χ2v) is 5.03. The van der Waals surface area contributed by atoms with Crippen LogP contribution >= 0.6 is 11.6 Å². The summed E-state index contributed by atoms with van der Waals surface area (Å²) in [5.41, 5.74) is 1.68. The number of fused-ring (bicyclic) bond motifs is 1. The first-order chi connectivity index (χ1) is 10.1. The number of aromatic nitrogens is 2. The Bertz CT molecular complexity index is 748. The molecule has 0 aliphatic carbocycles. The lowest BCUT2D eigenvalue weighted by molar-refractivity contribution is -0.115. The minimum Gasteiger partial charge on any atom is -0.321 e. The van der Waals surface area contributed by atoms with Crippen LogP contribution in [-0.4, -0.2) is 28.3 Å². The third-order valence-corrected chi connectivity index (χ3v) is 3.51. The zero-order valence-electron chi connectivity index (χ0n) is 11.1. The van der Waals surface area contributed by atoms with E-state index < -0.39 is 0 Å². The Morgan fingerprint density at radius 3 is 2.95 bits per heavy atom. The van der Waals surface area contributed by atoms with Crippen molar-refractivity contribution < 1.29 is 9.59 Å². The van der Waals surface area contributed by atoms with Crippen molar-refractivity contribution in [2.75, 3.05) is 16.8 Å². The highest BCUT2D eigenvalue weighted by Gasteiger charge is 2.30. The number of rotatable bonds is 1. The summed E-state index contributed by atoms with van der Waals surface area (Å²) in [6, 6.07) is 3.29. The first-order valence-electron chi connectivity index (χ1n) is 6.25. The van der Waals surface area contributed by atoms with E-state index >= 15 is 0 Å². The molecular weight excluding hydrogens is 292 g/mol. The zero-order valence-corrected chi connectivity index (χ0v) is 11.9. The molecule has 0 radical (unpaired) electrons. The molecule has 1 aliphatic rings. The van der Waals surface area contributed by atoms with E-state index in [1.165, 1.54) is 23.4 Å². The van der Waals surface area contributed by atoms with Crippen LogP contribution in [0.15, 0.2) is 30.7 Å². The Hall–Kier alpha value is -2.47. The van der Waals surface area contributed by atoms with E-state index in [0.717, 1.165) is 5.56 Å². The Morgan fingerprint density at radius 2 is 2.19 bits per heavy atom. The van der Waals surface area contributed by atoms with Crippen molar-refractivity contribution >= 4 is 34.9 Å². The standard InChI is InChI=1S/C14H11ClN4O2/c1-8-2-5-17-13-12(8)18-11(20)7-19(13)14(21)9-3-4-16-6-10(9)15/h2-6H,7H2,1H3,(H,18,20). The predicted octanol–water partition coefficient (Wildman–Crippen LogP) is 2.04. The van der Waals surface area contributed by atoms with Gasteiger partial charge in [-0.25, -0.2) is 4.98 Å². The number of pyridine rings is 2. The fourth-order valence-corrected chi connectivity index (χ4v) is 2.36. The molecular formula is C14H11ClN4O2. The SMILES string of the molecule is Cc1ccnc2c1NC(=O)CN2C(=O)c1ccncc1Cl. The Kier molecular flexibility index (Phi) is 3.31. The van der Waals surface area contributed by atoms with E-state index in [-0.39, 0.29) is 28.9 Å². The number of hydrogen-bond donors (Lipinski definition) is 1. The van der Waals surface area contributed by atoms with E-state index in [4.69, 9.17) is 11.6 Å². The summed E-state index contributed by atoms with van der Waals surface area (Å²) in [6.07, 6.45) is 4.47. The van der Waals surface area contributed by atoms with E-state index in [9.17, 15) is 9.59 Å². The first kappa shape index (κ1) is 13.5. The van der Waals surface area contributed by atoms with E-state index in [1.807, 2.05) is 6.92 Å². The molecule has 1 aliphatic heterocycles. The molecule has 1 N–H and O–H groups in total. The molecule has 3 heterocycles.